The molecule has 19 heavy (non-hydrogen) atoms. The zero-order valence-corrected chi connectivity index (χ0v) is 12.2. The van der Waals surface area contributed by atoms with Crippen molar-refractivity contribution in [2.75, 3.05) is 13.7 Å². The molecule has 2 aromatic rings. The lowest BCUT2D eigenvalue weighted by atomic mass is 10.1. The molecule has 100 valence electrons. The van der Waals surface area contributed by atoms with E-state index in [2.05, 4.69) is 21.2 Å². The summed E-state index contributed by atoms with van der Waals surface area (Å²) >= 11 is 3.20. The lowest BCUT2D eigenvalue weighted by Crippen LogP contribution is -2.24. The number of para-hydroxylation sites is 1. The zero-order chi connectivity index (χ0) is 13.7. The maximum atomic E-state index is 14.0. The number of halogens is 2. The summed E-state index contributed by atoms with van der Waals surface area (Å²) in [6, 6.07) is 14.6. The molecule has 1 N–H and O–H groups in total. The second kappa shape index (κ2) is 6.68. The number of likely N-dealkylation sites (N-methyl/N-ethyl adjacent to an activating group) is 1. The first kappa shape index (κ1) is 14.0. The Balaban J connectivity index is 2.10. The highest BCUT2D eigenvalue weighted by Crippen LogP contribution is 2.24. The van der Waals surface area contributed by atoms with Crippen LogP contribution >= 0.6 is 15.9 Å². The topological polar surface area (TPSA) is 21.3 Å². The minimum absolute atomic E-state index is 0.197. The average molecular weight is 324 g/mol. The normalized spacial score (nSPS) is 12.2. The summed E-state index contributed by atoms with van der Waals surface area (Å²) in [5, 5.41) is 3.07. The molecule has 4 heteroatoms. The van der Waals surface area contributed by atoms with Gasteiger partial charge in [-0.2, -0.15) is 0 Å². The molecule has 0 amide bonds. The van der Waals surface area contributed by atoms with Crippen molar-refractivity contribution in [3.8, 4) is 5.75 Å². The molecule has 0 bridgehead atoms. The summed E-state index contributed by atoms with van der Waals surface area (Å²) < 4.78 is 20.1. The van der Waals surface area contributed by atoms with Crippen molar-refractivity contribution >= 4 is 15.9 Å². The summed E-state index contributed by atoms with van der Waals surface area (Å²) in [6.07, 6.45) is 0. The van der Waals surface area contributed by atoms with Crippen molar-refractivity contribution in [1.82, 2.24) is 5.32 Å². The number of hydrogen-bond acceptors (Lipinski definition) is 2. The van der Waals surface area contributed by atoms with Gasteiger partial charge in [-0.05, 0) is 41.2 Å². The fourth-order valence-electron chi connectivity index (χ4n) is 1.81. The number of benzene rings is 2. The highest BCUT2D eigenvalue weighted by Gasteiger charge is 2.16. The number of nitrogens with one attached hydrogen (secondary N) is 1. The Morgan fingerprint density at radius 3 is 2.58 bits per heavy atom. The van der Waals surface area contributed by atoms with Gasteiger partial charge >= 0.3 is 0 Å². The van der Waals surface area contributed by atoms with Crippen LogP contribution in [-0.2, 0) is 0 Å². The fraction of sp³-hybridized carbons (Fsp3) is 0.200. The zero-order valence-electron chi connectivity index (χ0n) is 10.6. The summed E-state index contributed by atoms with van der Waals surface area (Å²) in [6.45, 7) is 0.369. The molecule has 1 atom stereocenters. The van der Waals surface area contributed by atoms with E-state index in [4.69, 9.17) is 4.74 Å². The molecule has 0 saturated heterocycles. The predicted molar refractivity (Wildman–Crippen MR) is 77.8 cm³/mol. The summed E-state index contributed by atoms with van der Waals surface area (Å²) in [7, 11) is 1.79. The van der Waals surface area contributed by atoms with Gasteiger partial charge in [0.05, 0.1) is 10.5 Å². The second-order valence-electron chi connectivity index (χ2n) is 4.11. The second-order valence-corrected chi connectivity index (χ2v) is 4.96. The average Bonchev–Trinajstić information content (AvgIpc) is 2.45. The number of rotatable bonds is 5. The Kier molecular flexibility index (Phi) is 4.93. The Labute approximate surface area is 120 Å². The van der Waals surface area contributed by atoms with Crippen LogP contribution in [0.1, 0.15) is 11.6 Å². The summed E-state index contributed by atoms with van der Waals surface area (Å²) in [4.78, 5) is 0. The van der Waals surface area contributed by atoms with E-state index in [-0.39, 0.29) is 11.9 Å². The third-order valence-corrected chi connectivity index (χ3v) is 3.48. The number of hydrogen-bond donors (Lipinski definition) is 1. The monoisotopic (exact) mass is 323 g/mol. The van der Waals surface area contributed by atoms with Gasteiger partial charge < -0.3 is 10.1 Å². The molecule has 0 aliphatic rings. The van der Waals surface area contributed by atoms with Crippen LogP contribution < -0.4 is 10.1 Å². The molecular formula is C15H15BrFNO. The highest BCUT2D eigenvalue weighted by molar-refractivity contribution is 9.10. The molecule has 0 aliphatic heterocycles. The SMILES string of the molecule is CNC(COc1ccccc1)c1cccc(Br)c1F. The van der Waals surface area contributed by atoms with Crippen molar-refractivity contribution in [1.29, 1.82) is 0 Å². The van der Waals surface area contributed by atoms with E-state index in [1.54, 1.807) is 19.2 Å². The van der Waals surface area contributed by atoms with Crippen molar-refractivity contribution in [3.05, 3.63) is 64.4 Å². The van der Waals surface area contributed by atoms with E-state index in [1.165, 1.54) is 0 Å². The molecule has 2 aromatic carbocycles. The van der Waals surface area contributed by atoms with Crippen LogP contribution in [0.2, 0.25) is 0 Å². The largest absolute Gasteiger partial charge is 0.492 e. The van der Waals surface area contributed by atoms with Gasteiger partial charge in [0.25, 0.3) is 0 Å². The van der Waals surface area contributed by atoms with Gasteiger partial charge in [0.1, 0.15) is 18.2 Å². The van der Waals surface area contributed by atoms with Gasteiger partial charge in [-0.1, -0.05) is 30.3 Å². The molecule has 0 radical (unpaired) electrons. The van der Waals surface area contributed by atoms with Crippen molar-refractivity contribution in [2.24, 2.45) is 0 Å². The molecule has 2 rings (SSSR count). The molecule has 0 heterocycles. The first-order valence-corrected chi connectivity index (χ1v) is 6.80. The first-order chi connectivity index (χ1) is 9.22. The number of ether oxygens (including phenoxy) is 1. The van der Waals surface area contributed by atoms with Crippen LogP contribution in [0.5, 0.6) is 5.75 Å². The smallest absolute Gasteiger partial charge is 0.142 e. The van der Waals surface area contributed by atoms with Crippen LogP contribution in [-0.4, -0.2) is 13.7 Å². The van der Waals surface area contributed by atoms with E-state index in [9.17, 15) is 4.39 Å². The molecule has 1 unspecified atom stereocenters. The highest BCUT2D eigenvalue weighted by atomic mass is 79.9. The van der Waals surface area contributed by atoms with E-state index in [0.717, 1.165) is 5.75 Å². The Morgan fingerprint density at radius 2 is 1.89 bits per heavy atom. The van der Waals surface area contributed by atoms with Crippen LogP contribution in [0, 0.1) is 5.82 Å². The van der Waals surface area contributed by atoms with Crippen molar-refractivity contribution < 1.29 is 9.13 Å². The molecule has 0 fully saturated rings. The molecular weight excluding hydrogens is 309 g/mol. The van der Waals surface area contributed by atoms with Crippen molar-refractivity contribution in [2.45, 2.75) is 6.04 Å². The first-order valence-electron chi connectivity index (χ1n) is 6.01. The van der Waals surface area contributed by atoms with Crippen LogP contribution in [0.3, 0.4) is 0 Å². The third kappa shape index (κ3) is 3.55. The van der Waals surface area contributed by atoms with E-state index >= 15 is 0 Å². The summed E-state index contributed by atoms with van der Waals surface area (Å²) in [5.41, 5.74) is 0.591. The van der Waals surface area contributed by atoms with Gasteiger partial charge in [-0.3, -0.25) is 0 Å². The minimum Gasteiger partial charge on any atom is -0.492 e. The van der Waals surface area contributed by atoms with Crippen LogP contribution in [0.15, 0.2) is 53.0 Å². The Hall–Kier alpha value is -1.39. The molecule has 0 saturated carbocycles. The Morgan fingerprint density at radius 1 is 1.16 bits per heavy atom. The van der Waals surface area contributed by atoms with Crippen molar-refractivity contribution in [3.63, 3.8) is 0 Å². The van der Waals surface area contributed by atoms with E-state index in [0.29, 0.717) is 16.6 Å². The Bertz CT molecular complexity index is 533. The van der Waals surface area contributed by atoms with E-state index < -0.39 is 0 Å². The maximum Gasteiger partial charge on any atom is 0.142 e. The van der Waals surface area contributed by atoms with Gasteiger partial charge in [-0.25, -0.2) is 4.39 Å². The molecule has 0 aromatic heterocycles. The third-order valence-electron chi connectivity index (χ3n) is 2.87. The maximum absolute atomic E-state index is 14.0. The van der Waals surface area contributed by atoms with Gasteiger partial charge in [0, 0.05) is 5.56 Å². The lowest BCUT2D eigenvalue weighted by Gasteiger charge is -2.18. The molecule has 2 nitrogen and oxygen atoms in total. The van der Waals surface area contributed by atoms with Crippen LogP contribution in [0.25, 0.3) is 0 Å². The fourth-order valence-corrected chi connectivity index (χ4v) is 2.20. The lowest BCUT2D eigenvalue weighted by molar-refractivity contribution is 0.269. The van der Waals surface area contributed by atoms with Crippen LogP contribution in [0.4, 0.5) is 4.39 Å². The van der Waals surface area contributed by atoms with Gasteiger partial charge in [0.2, 0.25) is 0 Å². The molecule has 0 aliphatic carbocycles. The van der Waals surface area contributed by atoms with Gasteiger partial charge in [0.15, 0.2) is 0 Å². The molecule has 0 spiro atoms. The predicted octanol–water partition coefficient (Wildman–Crippen LogP) is 3.93. The standard InChI is InChI=1S/C15H15BrFNO/c1-18-14(10-19-11-6-3-2-4-7-11)12-8-5-9-13(16)15(12)17/h2-9,14,18H,10H2,1H3. The summed E-state index contributed by atoms with van der Waals surface area (Å²) in [5.74, 6) is 0.525. The quantitative estimate of drug-likeness (QED) is 0.900. The van der Waals surface area contributed by atoms with Gasteiger partial charge in [-0.15, -0.1) is 0 Å². The van der Waals surface area contributed by atoms with E-state index in [1.807, 2.05) is 36.4 Å². The minimum atomic E-state index is -0.251.